The molecule has 0 spiro atoms. The monoisotopic (exact) mass is 722 g/mol. The van der Waals surface area contributed by atoms with E-state index in [9.17, 15) is 29.1 Å². The van der Waals surface area contributed by atoms with Crippen molar-refractivity contribution in [2.24, 2.45) is 11.8 Å². The minimum Gasteiger partial charge on any atom is -0.508 e. The third-order valence-electron chi connectivity index (χ3n) is 9.03. The van der Waals surface area contributed by atoms with Crippen molar-refractivity contribution in [1.29, 1.82) is 0 Å². The maximum Gasteiger partial charge on any atom is 0.308 e. The van der Waals surface area contributed by atoms with E-state index >= 15 is 0 Å². The molecule has 1 unspecified atom stereocenters. The number of likely N-dealkylation sites (tertiary alicyclic amines) is 1. The number of nitrogens with zero attached hydrogens (tertiary/aromatic N) is 2. The number of carbonyl (C=O) groups excluding carboxylic acids is 5. The van der Waals surface area contributed by atoms with Gasteiger partial charge in [-0.25, -0.2) is 0 Å². The lowest BCUT2D eigenvalue weighted by Gasteiger charge is -2.33. The highest BCUT2D eigenvalue weighted by Crippen LogP contribution is 2.30. The fourth-order valence-electron chi connectivity index (χ4n) is 6.46. The Hall–Kier alpha value is -4.32. The summed E-state index contributed by atoms with van der Waals surface area (Å²) >= 11 is 0. The van der Waals surface area contributed by atoms with Gasteiger partial charge in [0.1, 0.15) is 22.7 Å². The highest BCUT2D eigenvalue weighted by molar-refractivity contribution is 5.87. The maximum atomic E-state index is 13.7. The molecule has 286 valence electrons. The molecule has 2 aliphatic heterocycles. The third kappa shape index (κ3) is 14.4. The number of ether oxygens (including phenoxy) is 2. The first-order chi connectivity index (χ1) is 24.5. The van der Waals surface area contributed by atoms with Gasteiger partial charge in [0.05, 0.1) is 24.3 Å². The standard InChI is InChI=1S/C35H48N4O6.C5H10O2/c1-23(40)33(25-8-10-29(41)11-9-25)28-18-27(20-37-21-28)30(19-32(43)45-35(2,3)4)38-34(44)26-6-5-17-39(22-26)31(42)12-7-24-13-15-36-16-14-24;1-5(2,3)7-4-6/h8-11,18,20-21,24,26,30,33,36,41H,5-7,12-17,19,22H2,1-4H3,(H,38,44);4H,1-3H3/t26-,30+,33?;/m1./s1. The van der Waals surface area contributed by atoms with Gasteiger partial charge in [0.2, 0.25) is 11.8 Å². The number of phenols is 1. The Labute approximate surface area is 308 Å². The van der Waals surface area contributed by atoms with Gasteiger partial charge in [-0.2, -0.15) is 0 Å². The van der Waals surface area contributed by atoms with Crippen LogP contribution in [0, 0.1) is 11.8 Å². The van der Waals surface area contributed by atoms with E-state index < -0.39 is 29.4 Å². The number of amides is 2. The molecule has 0 aliphatic carbocycles. The number of hydrogen-bond acceptors (Lipinski definition) is 10. The molecule has 52 heavy (non-hydrogen) atoms. The van der Waals surface area contributed by atoms with E-state index in [0.29, 0.717) is 55.0 Å². The van der Waals surface area contributed by atoms with Crippen molar-refractivity contribution in [2.75, 3.05) is 26.2 Å². The summed E-state index contributed by atoms with van der Waals surface area (Å²) in [6, 6.07) is 7.48. The minimum absolute atomic E-state index is 0.0951. The summed E-state index contributed by atoms with van der Waals surface area (Å²) in [4.78, 5) is 68.4. The number of benzene rings is 1. The number of phenolic OH excluding ortho intramolecular Hbond substituents is 1. The van der Waals surface area contributed by atoms with Crippen LogP contribution in [0.25, 0.3) is 0 Å². The number of pyridine rings is 1. The second-order valence-corrected chi connectivity index (χ2v) is 15.8. The number of carbonyl (C=O) groups is 5. The first-order valence-electron chi connectivity index (χ1n) is 18.3. The van der Waals surface area contributed by atoms with Crippen LogP contribution in [0.3, 0.4) is 0 Å². The molecule has 2 aliphatic rings. The van der Waals surface area contributed by atoms with E-state index in [0.717, 1.165) is 38.8 Å². The first kappa shape index (κ1) is 42.1. The van der Waals surface area contributed by atoms with E-state index in [1.807, 2.05) is 25.7 Å². The fourth-order valence-corrected chi connectivity index (χ4v) is 6.46. The smallest absolute Gasteiger partial charge is 0.308 e. The van der Waals surface area contributed by atoms with E-state index in [1.165, 1.54) is 19.1 Å². The SMILES string of the molecule is CC(=O)C(c1ccc(O)cc1)c1cncc([C@H](CC(=O)OC(C)(C)C)NC(=O)[C@@H]2CCCN(C(=O)CCC3CCNCC3)C2)c1.CC(C)(C)OC=O. The second-order valence-electron chi connectivity index (χ2n) is 15.8. The highest BCUT2D eigenvalue weighted by atomic mass is 16.6. The normalized spacial score (nSPS) is 17.8. The van der Waals surface area contributed by atoms with Crippen LogP contribution in [0.15, 0.2) is 42.7 Å². The molecule has 1 aromatic heterocycles. The number of piperidine rings is 2. The molecule has 4 rings (SSSR count). The van der Waals surface area contributed by atoms with Crippen LogP contribution in [0.4, 0.5) is 0 Å². The molecule has 0 radical (unpaired) electrons. The van der Waals surface area contributed by atoms with E-state index in [1.54, 1.807) is 51.4 Å². The van der Waals surface area contributed by atoms with Crippen molar-refractivity contribution in [1.82, 2.24) is 20.5 Å². The summed E-state index contributed by atoms with van der Waals surface area (Å²) in [5.41, 5.74) is 0.851. The van der Waals surface area contributed by atoms with Crippen LogP contribution in [0.5, 0.6) is 5.75 Å². The molecule has 3 atom stereocenters. The van der Waals surface area contributed by atoms with E-state index in [-0.39, 0.29) is 35.4 Å². The number of aromatic hydroxyl groups is 1. The summed E-state index contributed by atoms with van der Waals surface area (Å²) in [7, 11) is 0. The Bertz CT molecular complexity index is 1490. The Morgan fingerprint density at radius 3 is 2.21 bits per heavy atom. The van der Waals surface area contributed by atoms with Crippen molar-refractivity contribution < 1.29 is 38.6 Å². The number of ketones is 1. The molecular formula is C40H58N4O8. The summed E-state index contributed by atoms with van der Waals surface area (Å²) in [5.74, 6) is -1.10. The predicted octanol–water partition coefficient (Wildman–Crippen LogP) is 5.37. The van der Waals surface area contributed by atoms with Crippen molar-refractivity contribution in [3.8, 4) is 5.75 Å². The Balaban J connectivity index is 0.000000944. The van der Waals surface area contributed by atoms with Gasteiger partial charge in [-0.3, -0.25) is 29.0 Å². The topological polar surface area (TPSA) is 164 Å². The molecule has 0 bridgehead atoms. The van der Waals surface area contributed by atoms with Gasteiger partial charge >= 0.3 is 5.97 Å². The zero-order valence-electron chi connectivity index (χ0n) is 31.9. The van der Waals surface area contributed by atoms with Gasteiger partial charge in [0.25, 0.3) is 6.47 Å². The lowest BCUT2D eigenvalue weighted by atomic mass is 9.87. The fraction of sp³-hybridized carbons (Fsp3) is 0.600. The number of nitrogens with one attached hydrogen (secondary N) is 2. The van der Waals surface area contributed by atoms with Gasteiger partial charge in [0.15, 0.2) is 0 Å². The van der Waals surface area contributed by atoms with Crippen molar-refractivity contribution in [3.05, 3.63) is 59.4 Å². The molecule has 3 N–H and O–H groups in total. The van der Waals surface area contributed by atoms with Gasteiger partial charge in [-0.15, -0.1) is 0 Å². The van der Waals surface area contributed by atoms with Crippen LogP contribution in [-0.2, 0) is 33.4 Å². The van der Waals surface area contributed by atoms with Crippen molar-refractivity contribution in [3.63, 3.8) is 0 Å². The quantitative estimate of drug-likeness (QED) is 0.192. The molecule has 2 aromatic rings. The molecule has 12 nitrogen and oxygen atoms in total. The second kappa shape index (κ2) is 19.5. The van der Waals surface area contributed by atoms with E-state index in [2.05, 4.69) is 20.4 Å². The molecular weight excluding hydrogens is 664 g/mol. The maximum absolute atomic E-state index is 13.7. The van der Waals surface area contributed by atoms with Crippen LogP contribution in [-0.4, -0.2) is 82.4 Å². The Kier molecular flexibility index (Phi) is 15.8. The van der Waals surface area contributed by atoms with Gasteiger partial charge in [-0.05, 0) is 134 Å². The van der Waals surface area contributed by atoms with Crippen LogP contribution >= 0.6 is 0 Å². The molecule has 12 heteroatoms. The minimum atomic E-state index is -0.752. The third-order valence-corrected chi connectivity index (χ3v) is 9.03. The number of esters is 1. The molecule has 2 amide bonds. The van der Waals surface area contributed by atoms with Crippen LogP contribution in [0.1, 0.15) is 122 Å². The van der Waals surface area contributed by atoms with E-state index in [4.69, 9.17) is 4.74 Å². The van der Waals surface area contributed by atoms with Crippen LogP contribution in [0.2, 0.25) is 0 Å². The average molecular weight is 723 g/mol. The molecule has 2 saturated heterocycles. The lowest BCUT2D eigenvalue weighted by molar-refractivity contribution is -0.155. The molecule has 0 saturated carbocycles. The predicted molar refractivity (Wildman–Crippen MR) is 197 cm³/mol. The number of rotatable bonds is 12. The largest absolute Gasteiger partial charge is 0.508 e. The highest BCUT2D eigenvalue weighted by Gasteiger charge is 2.32. The van der Waals surface area contributed by atoms with Crippen molar-refractivity contribution in [2.45, 2.75) is 117 Å². The lowest BCUT2D eigenvalue weighted by Crippen LogP contribution is -2.46. The van der Waals surface area contributed by atoms with Crippen molar-refractivity contribution >= 4 is 30.0 Å². The number of hydrogen-bond donors (Lipinski definition) is 3. The van der Waals surface area contributed by atoms with Gasteiger partial charge in [0, 0.05) is 31.9 Å². The molecule has 1 aromatic carbocycles. The first-order valence-corrected chi connectivity index (χ1v) is 18.3. The van der Waals surface area contributed by atoms with Crippen LogP contribution < -0.4 is 10.6 Å². The zero-order chi connectivity index (χ0) is 38.5. The summed E-state index contributed by atoms with van der Waals surface area (Å²) in [5, 5.41) is 16.2. The number of Topliss-reactive ketones (excluding diaryl/α,β-unsaturated/α-hetero) is 1. The molecule has 3 heterocycles. The zero-order valence-corrected chi connectivity index (χ0v) is 31.9. The Morgan fingerprint density at radius 2 is 1.63 bits per heavy atom. The molecule has 2 fully saturated rings. The Morgan fingerprint density at radius 1 is 0.981 bits per heavy atom. The van der Waals surface area contributed by atoms with Gasteiger partial charge in [-0.1, -0.05) is 12.1 Å². The average Bonchev–Trinajstić information content (AvgIpc) is 3.07. The summed E-state index contributed by atoms with van der Waals surface area (Å²) in [6.45, 7) is 15.8. The summed E-state index contributed by atoms with van der Waals surface area (Å²) in [6.07, 6.45) is 8.01. The summed E-state index contributed by atoms with van der Waals surface area (Å²) < 4.78 is 10.1. The number of aromatic nitrogens is 1. The van der Waals surface area contributed by atoms with Gasteiger partial charge < -0.3 is 30.1 Å².